The Balaban J connectivity index is 2.02. The molecule has 100 valence electrons. The normalized spacial score (nSPS) is 10.2. The fourth-order valence-electron chi connectivity index (χ4n) is 1.40. The van der Waals surface area contributed by atoms with Crippen LogP contribution in [0.2, 0.25) is 0 Å². The molecule has 2 N–H and O–H groups in total. The molecule has 0 saturated heterocycles. The lowest BCUT2D eigenvalue weighted by Crippen LogP contribution is -2.11. The van der Waals surface area contributed by atoms with E-state index in [1.54, 1.807) is 11.8 Å². The highest BCUT2D eigenvalue weighted by Gasteiger charge is 2.12. The first-order chi connectivity index (χ1) is 9.22. The molecule has 0 fully saturated rings. The van der Waals surface area contributed by atoms with Gasteiger partial charge in [-0.05, 0) is 37.4 Å². The lowest BCUT2D eigenvalue weighted by atomic mass is 10.3. The number of benzene rings is 1. The van der Waals surface area contributed by atoms with E-state index in [1.807, 2.05) is 37.4 Å². The Morgan fingerprint density at radius 2 is 2.05 bits per heavy atom. The van der Waals surface area contributed by atoms with Crippen LogP contribution < -0.4 is 10.6 Å². The monoisotopic (exact) mass is 294 g/mol. The molecule has 0 spiro atoms. The van der Waals surface area contributed by atoms with E-state index in [2.05, 4.69) is 20.8 Å². The fraction of sp³-hybridized carbons (Fsp3) is 0.250. The Morgan fingerprint density at radius 1 is 1.32 bits per heavy atom. The Hall–Kier alpha value is -1.60. The van der Waals surface area contributed by atoms with Crippen LogP contribution in [0.5, 0.6) is 0 Å². The molecule has 0 aliphatic heterocycles. The minimum atomic E-state index is -0.237. The third kappa shape index (κ3) is 3.68. The zero-order valence-electron chi connectivity index (χ0n) is 10.6. The standard InChI is InChI=1S/C12H14N4OS2/c1-3-13-12-16-15-11(19-12)10(17)14-8-4-6-9(18-2)7-5-8/h4-7H,3H2,1-2H3,(H,13,16)(H,14,17). The summed E-state index contributed by atoms with van der Waals surface area (Å²) in [4.78, 5) is 13.1. The van der Waals surface area contributed by atoms with E-state index in [0.717, 1.165) is 17.1 Å². The highest BCUT2D eigenvalue weighted by molar-refractivity contribution is 7.98. The topological polar surface area (TPSA) is 66.9 Å². The second-order valence-corrected chi connectivity index (χ2v) is 5.48. The van der Waals surface area contributed by atoms with Crippen LogP contribution in [0.4, 0.5) is 10.8 Å². The van der Waals surface area contributed by atoms with E-state index in [4.69, 9.17) is 0 Å². The zero-order valence-corrected chi connectivity index (χ0v) is 12.3. The lowest BCUT2D eigenvalue weighted by Gasteiger charge is -2.03. The summed E-state index contributed by atoms with van der Waals surface area (Å²) in [7, 11) is 0. The first-order valence-corrected chi connectivity index (χ1v) is 7.80. The number of hydrogen-bond donors (Lipinski definition) is 2. The second-order valence-electron chi connectivity index (χ2n) is 3.63. The zero-order chi connectivity index (χ0) is 13.7. The van der Waals surface area contributed by atoms with Crippen molar-refractivity contribution in [3.05, 3.63) is 29.3 Å². The van der Waals surface area contributed by atoms with Gasteiger partial charge in [0.25, 0.3) is 5.91 Å². The Bertz CT molecular complexity index is 553. The molecule has 19 heavy (non-hydrogen) atoms. The third-order valence-electron chi connectivity index (χ3n) is 2.30. The maximum atomic E-state index is 11.9. The summed E-state index contributed by atoms with van der Waals surface area (Å²) >= 11 is 2.90. The van der Waals surface area contributed by atoms with Crippen LogP contribution in [0, 0.1) is 0 Å². The van der Waals surface area contributed by atoms with Crippen molar-refractivity contribution in [2.75, 3.05) is 23.4 Å². The SMILES string of the molecule is CCNc1nnc(C(=O)Nc2ccc(SC)cc2)s1. The number of carbonyl (C=O) groups excluding carboxylic acids is 1. The first-order valence-electron chi connectivity index (χ1n) is 5.75. The van der Waals surface area contributed by atoms with Crippen LogP contribution in [-0.4, -0.2) is 28.9 Å². The van der Waals surface area contributed by atoms with Crippen LogP contribution in [-0.2, 0) is 0 Å². The number of amides is 1. The molecule has 5 nitrogen and oxygen atoms in total. The molecule has 2 aromatic rings. The summed E-state index contributed by atoms with van der Waals surface area (Å²) in [5.74, 6) is -0.237. The predicted molar refractivity (Wildman–Crippen MR) is 80.2 cm³/mol. The number of rotatable bonds is 5. The molecule has 1 aromatic heterocycles. The van der Waals surface area contributed by atoms with Crippen molar-refractivity contribution in [3.8, 4) is 0 Å². The van der Waals surface area contributed by atoms with Gasteiger partial charge in [-0.1, -0.05) is 11.3 Å². The molecule has 1 heterocycles. The van der Waals surface area contributed by atoms with Gasteiger partial charge < -0.3 is 10.6 Å². The number of hydrogen-bond acceptors (Lipinski definition) is 6. The van der Waals surface area contributed by atoms with Gasteiger partial charge in [0, 0.05) is 17.1 Å². The van der Waals surface area contributed by atoms with E-state index >= 15 is 0 Å². The summed E-state index contributed by atoms with van der Waals surface area (Å²) in [5, 5.41) is 14.6. The van der Waals surface area contributed by atoms with E-state index in [-0.39, 0.29) is 5.91 Å². The molecule has 0 bridgehead atoms. The Kier molecular flexibility index (Phi) is 4.75. The van der Waals surface area contributed by atoms with Gasteiger partial charge >= 0.3 is 0 Å². The van der Waals surface area contributed by atoms with Gasteiger partial charge in [-0.25, -0.2) is 0 Å². The smallest absolute Gasteiger partial charge is 0.286 e. The average Bonchev–Trinajstić information content (AvgIpc) is 2.89. The molecule has 1 amide bonds. The summed E-state index contributed by atoms with van der Waals surface area (Å²) in [6.07, 6.45) is 2.01. The van der Waals surface area contributed by atoms with E-state index < -0.39 is 0 Å². The van der Waals surface area contributed by atoms with Gasteiger partial charge in [-0.3, -0.25) is 4.79 Å². The lowest BCUT2D eigenvalue weighted by molar-refractivity contribution is 0.102. The summed E-state index contributed by atoms with van der Waals surface area (Å²) < 4.78 is 0. The van der Waals surface area contributed by atoms with Crippen LogP contribution in [0.3, 0.4) is 0 Å². The number of anilines is 2. The van der Waals surface area contributed by atoms with Crippen LogP contribution in [0.15, 0.2) is 29.2 Å². The van der Waals surface area contributed by atoms with Gasteiger partial charge in [0.15, 0.2) is 0 Å². The molecule has 0 aliphatic carbocycles. The largest absolute Gasteiger partial charge is 0.360 e. The maximum absolute atomic E-state index is 11.9. The Labute approximate surface area is 119 Å². The molecule has 2 rings (SSSR count). The van der Waals surface area contributed by atoms with Crippen LogP contribution >= 0.6 is 23.1 Å². The van der Waals surface area contributed by atoms with E-state index in [1.165, 1.54) is 11.3 Å². The van der Waals surface area contributed by atoms with Gasteiger partial charge in [0.1, 0.15) is 0 Å². The number of aromatic nitrogens is 2. The fourth-order valence-corrected chi connectivity index (χ4v) is 2.51. The van der Waals surface area contributed by atoms with Gasteiger partial charge in [0.05, 0.1) is 0 Å². The average molecular weight is 294 g/mol. The molecule has 7 heteroatoms. The number of thioether (sulfide) groups is 1. The van der Waals surface area contributed by atoms with E-state index in [9.17, 15) is 4.79 Å². The summed E-state index contributed by atoms with van der Waals surface area (Å²) in [5.41, 5.74) is 0.753. The molecular formula is C12H14N4OS2. The van der Waals surface area contributed by atoms with Crippen molar-refractivity contribution in [2.24, 2.45) is 0 Å². The molecule has 0 aliphatic rings. The van der Waals surface area contributed by atoms with Crippen molar-refractivity contribution in [3.63, 3.8) is 0 Å². The molecule has 0 atom stereocenters. The van der Waals surface area contributed by atoms with Gasteiger partial charge in [0.2, 0.25) is 10.1 Å². The number of nitrogens with one attached hydrogen (secondary N) is 2. The van der Waals surface area contributed by atoms with E-state index in [0.29, 0.717) is 10.1 Å². The van der Waals surface area contributed by atoms with Crippen LogP contribution in [0.1, 0.15) is 16.7 Å². The summed E-state index contributed by atoms with van der Waals surface area (Å²) in [6.45, 7) is 2.72. The number of carbonyl (C=O) groups is 1. The molecule has 0 saturated carbocycles. The predicted octanol–water partition coefficient (Wildman–Crippen LogP) is 2.94. The summed E-state index contributed by atoms with van der Waals surface area (Å²) in [6, 6.07) is 7.67. The van der Waals surface area contributed by atoms with Crippen molar-refractivity contribution in [1.82, 2.24) is 10.2 Å². The highest BCUT2D eigenvalue weighted by Crippen LogP contribution is 2.19. The quantitative estimate of drug-likeness (QED) is 0.830. The molecule has 0 unspecified atom stereocenters. The van der Waals surface area contributed by atoms with Crippen molar-refractivity contribution in [1.29, 1.82) is 0 Å². The molecule has 1 aromatic carbocycles. The Morgan fingerprint density at radius 3 is 2.68 bits per heavy atom. The minimum Gasteiger partial charge on any atom is -0.360 e. The second kappa shape index (κ2) is 6.53. The van der Waals surface area contributed by atoms with Crippen LogP contribution in [0.25, 0.3) is 0 Å². The molecule has 0 radical (unpaired) electrons. The number of nitrogens with zero attached hydrogens (tertiary/aromatic N) is 2. The third-order valence-corrected chi connectivity index (χ3v) is 3.92. The maximum Gasteiger partial charge on any atom is 0.286 e. The van der Waals surface area contributed by atoms with Gasteiger partial charge in [-0.2, -0.15) is 0 Å². The van der Waals surface area contributed by atoms with Crippen molar-refractivity contribution >= 4 is 39.8 Å². The molecular weight excluding hydrogens is 280 g/mol. The first kappa shape index (κ1) is 13.8. The van der Waals surface area contributed by atoms with Crippen molar-refractivity contribution < 1.29 is 4.79 Å². The minimum absolute atomic E-state index is 0.237. The van der Waals surface area contributed by atoms with Gasteiger partial charge in [-0.15, -0.1) is 22.0 Å². The van der Waals surface area contributed by atoms with Crippen molar-refractivity contribution in [2.45, 2.75) is 11.8 Å². The highest BCUT2D eigenvalue weighted by atomic mass is 32.2.